The summed E-state index contributed by atoms with van der Waals surface area (Å²) in [4.78, 5) is 9.75. The van der Waals surface area contributed by atoms with E-state index in [-0.39, 0.29) is 64.7 Å². The first kappa shape index (κ1) is 17.2. The zero-order chi connectivity index (χ0) is 9.19. The second-order valence-electron chi connectivity index (χ2n) is 2.04. The summed E-state index contributed by atoms with van der Waals surface area (Å²) in [5, 5.41) is 0. The van der Waals surface area contributed by atoms with Gasteiger partial charge in [-0.1, -0.05) is 5.56 Å². The number of hydrogen-bond acceptors (Lipinski definition) is 4. The summed E-state index contributed by atoms with van der Waals surface area (Å²) in [6, 6.07) is 5.95. The minimum Gasteiger partial charge on any atom is -0.746 e. The Morgan fingerprint density at radius 1 is 1.36 bits per heavy atom. The van der Waals surface area contributed by atoms with Gasteiger partial charge in [-0.25, -0.2) is 8.42 Å². The van der Waals surface area contributed by atoms with Crippen molar-refractivity contribution in [2.45, 2.75) is 4.90 Å². The maximum absolute atomic E-state index is 10.5. The summed E-state index contributed by atoms with van der Waals surface area (Å²) < 4.78 is 31.5. The summed E-state index contributed by atoms with van der Waals surface area (Å²) in [6.45, 7) is 0. The van der Waals surface area contributed by atoms with Gasteiger partial charge >= 0.3 is 59.1 Å². The predicted molar refractivity (Wildman–Crippen MR) is 38.6 cm³/mol. The van der Waals surface area contributed by atoms with E-state index in [4.69, 9.17) is 0 Å². The Morgan fingerprint density at radius 3 is 2.29 bits per heavy atom. The van der Waals surface area contributed by atoms with Crippen LogP contribution in [0.1, 0.15) is 10.4 Å². The molecule has 7 heteroatoms. The van der Waals surface area contributed by atoms with Crippen LogP contribution in [0.15, 0.2) is 23.1 Å². The van der Waals surface area contributed by atoms with Crippen LogP contribution in [0, 0.1) is 6.07 Å². The summed E-state index contributed by atoms with van der Waals surface area (Å²) in [7, 11) is -4.55. The quantitative estimate of drug-likeness (QED) is 0.219. The second-order valence-corrected chi connectivity index (χ2v) is 3.38. The molecule has 0 bridgehead atoms. The van der Waals surface area contributed by atoms with Crippen molar-refractivity contribution in [3.05, 3.63) is 29.8 Å². The predicted octanol–water partition coefficient (Wildman–Crippen LogP) is -5.79. The molecule has 0 aliphatic carbocycles. The summed E-state index contributed by atoms with van der Waals surface area (Å²) in [5.41, 5.74) is -0.160. The van der Waals surface area contributed by atoms with E-state index in [9.17, 15) is 17.8 Å². The zero-order valence-corrected chi connectivity index (χ0v) is 12.7. The van der Waals surface area contributed by atoms with Crippen molar-refractivity contribution in [3.63, 3.8) is 0 Å². The van der Waals surface area contributed by atoms with E-state index >= 15 is 0 Å². The van der Waals surface area contributed by atoms with E-state index in [1.165, 1.54) is 6.07 Å². The molecule has 0 N–H and O–H groups in total. The van der Waals surface area contributed by atoms with E-state index in [0.29, 0.717) is 6.29 Å². The molecule has 0 fully saturated rings. The molecule has 1 aromatic carbocycles. The maximum Gasteiger partial charge on any atom is 1.00 e. The summed E-state index contributed by atoms with van der Waals surface area (Å²) >= 11 is 0. The van der Waals surface area contributed by atoms with E-state index in [0.717, 1.165) is 12.1 Å². The molecule has 64 valence electrons. The minimum absolute atomic E-state index is 0. The van der Waals surface area contributed by atoms with Crippen LogP contribution in [0.3, 0.4) is 0 Å². The van der Waals surface area contributed by atoms with Gasteiger partial charge in [0.25, 0.3) is 0 Å². The van der Waals surface area contributed by atoms with Crippen LogP contribution < -0.4 is 59.1 Å². The van der Waals surface area contributed by atoms with Crippen molar-refractivity contribution < 1.29 is 76.9 Å². The zero-order valence-electron chi connectivity index (χ0n) is 7.85. The van der Waals surface area contributed by atoms with Crippen LogP contribution in [0.5, 0.6) is 0 Å². The molecule has 0 atom stereocenters. The summed E-state index contributed by atoms with van der Waals surface area (Å²) in [6.07, 6.45) is 0.307. The fraction of sp³-hybridized carbons (Fsp3) is 0. The number of rotatable bonds is 2. The molecule has 0 heterocycles. The standard InChI is InChI=1S/C7H5O4S.2Na/c8-5-6-3-1-2-4-7(6)12(9,10)11;;/h2-5H,(H,9,10,11);;/q-1;2*+1/p-1. The largest absolute Gasteiger partial charge is 1.00 e. The van der Waals surface area contributed by atoms with E-state index < -0.39 is 15.0 Å². The van der Waals surface area contributed by atoms with Crippen molar-refractivity contribution in [2.75, 3.05) is 0 Å². The molecule has 0 radical (unpaired) electrons. The number of aldehydes is 1. The Hall–Kier alpha value is 0.800. The number of hydrogen-bond donors (Lipinski definition) is 0. The van der Waals surface area contributed by atoms with Crippen LogP contribution in [-0.4, -0.2) is 19.3 Å². The van der Waals surface area contributed by atoms with Gasteiger partial charge < -0.3 is 9.35 Å². The van der Waals surface area contributed by atoms with Crippen LogP contribution >= 0.6 is 0 Å². The molecule has 4 nitrogen and oxygen atoms in total. The normalized spacial score (nSPS) is 9.50. The van der Waals surface area contributed by atoms with E-state index in [2.05, 4.69) is 6.07 Å². The average molecular weight is 230 g/mol. The Morgan fingerprint density at radius 2 is 1.93 bits per heavy atom. The molecule has 0 unspecified atom stereocenters. The topological polar surface area (TPSA) is 74.3 Å². The van der Waals surface area contributed by atoms with Gasteiger partial charge in [0, 0.05) is 0 Å². The smallest absolute Gasteiger partial charge is 0.746 e. The Balaban J connectivity index is 0. The molecule has 1 aromatic rings. The van der Waals surface area contributed by atoms with E-state index in [1.807, 2.05) is 0 Å². The van der Waals surface area contributed by atoms with Crippen molar-refractivity contribution in [2.24, 2.45) is 0 Å². The first-order chi connectivity index (χ1) is 5.55. The molecule has 14 heavy (non-hydrogen) atoms. The first-order valence-corrected chi connectivity index (χ1v) is 4.37. The van der Waals surface area contributed by atoms with E-state index in [1.54, 1.807) is 0 Å². The molecule has 0 amide bonds. The molecular weight excluding hydrogens is 226 g/mol. The van der Waals surface area contributed by atoms with Crippen LogP contribution in [0.25, 0.3) is 0 Å². The molecule has 1 rings (SSSR count). The molecule has 0 aromatic heterocycles. The third kappa shape index (κ3) is 4.55. The third-order valence-corrected chi connectivity index (χ3v) is 2.16. The van der Waals surface area contributed by atoms with Gasteiger partial charge in [0.1, 0.15) is 10.1 Å². The number of benzene rings is 1. The van der Waals surface area contributed by atoms with Crippen molar-refractivity contribution >= 4 is 16.4 Å². The van der Waals surface area contributed by atoms with Crippen LogP contribution in [-0.2, 0) is 10.1 Å². The monoisotopic (exact) mass is 230 g/mol. The number of carbonyl (C=O) groups excluding carboxylic acids is 1. The van der Waals surface area contributed by atoms with Gasteiger partial charge in [0.15, 0.2) is 0 Å². The Bertz CT molecular complexity index is 402. The molecule has 0 saturated carbocycles. The Kier molecular flexibility index (Phi) is 8.77. The van der Waals surface area contributed by atoms with Crippen molar-refractivity contribution in [1.29, 1.82) is 0 Å². The van der Waals surface area contributed by atoms with Gasteiger partial charge in [-0.3, -0.25) is 0 Å². The molecular formula is C7H4Na2O4S. The molecule has 0 aliphatic heterocycles. The fourth-order valence-electron chi connectivity index (χ4n) is 0.749. The molecule has 0 spiro atoms. The number of carbonyl (C=O) groups is 1. The first-order valence-electron chi connectivity index (χ1n) is 2.97. The average Bonchev–Trinajstić information content (AvgIpc) is 2.03. The van der Waals surface area contributed by atoms with Gasteiger partial charge in [0.05, 0.1) is 6.29 Å². The fourth-order valence-corrected chi connectivity index (χ4v) is 1.38. The second kappa shape index (κ2) is 7.14. The van der Waals surface area contributed by atoms with Crippen molar-refractivity contribution in [1.82, 2.24) is 0 Å². The van der Waals surface area contributed by atoms with Crippen LogP contribution in [0.2, 0.25) is 0 Å². The van der Waals surface area contributed by atoms with Crippen LogP contribution in [0.4, 0.5) is 0 Å². The Labute approximate surface area is 126 Å². The maximum atomic E-state index is 10.5. The molecule has 0 aliphatic rings. The third-order valence-electron chi connectivity index (χ3n) is 1.25. The van der Waals surface area contributed by atoms with Gasteiger partial charge in [-0.2, -0.15) is 24.3 Å². The van der Waals surface area contributed by atoms with Gasteiger partial charge in [0.2, 0.25) is 0 Å². The minimum atomic E-state index is -4.55. The SMILES string of the molecule is O=Cc1c[c-]ccc1S(=O)(=O)[O-].[Na+].[Na+]. The molecule has 0 saturated heterocycles. The summed E-state index contributed by atoms with van der Waals surface area (Å²) in [5.74, 6) is 0. The van der Waals surface area contributed by atoms with Crippen molar-refractivity contribution in [3.8, 4) is 0 Å². The van der Waals surface area contributed by atoms with Gasteiger partial charge in [-0.15, -0.1) is 0 Å². The van der Waals surface area contributed by atoms with Gasteiger partial charge in [-0.05, 0) is 4.90 Å².